The summed E-state index contributed by atoms with van der Waals surface area (Å²) in [5.41, 5.74) is 0.852. The van der Waals surface area contributed by atoms with Crippen molar-refractivity contribution in [2.45, 2.75) is 0 Å². The van der Waals surface area contributed by atoms with E-state index in [2.05, 4.69) is 0 Å². The van der Waals surface area contributed by atoms with E-state index in [0.29, 0.717) is 16.9 Å². The first-order valence-electron chi connectivity index (χ1n) is 8.41. The van der Waals surface area contributed by atoms with Crippen molar-refractivity contribution in [1.29, 1.82) is 0 Å². The second-order valence-corrected chi connectivity index (χ2v) is 6.26. The molecule has 0 heterocycles. The van der Waals surface area contributed by atoms with E-state index in [4.69, 9.17) is 21.1 Å². The van der Waals surface area contributed by atoms with Gasteiger partial charge in [0.1, 0.15) is 11.5 Å². The molecule has 3 aromatic carbocycles. The maximum absolute atomic E-state index is 12.4. The van der Waals surface area contributed by atoms with Crippen LogP contribution in [0.4, 0.5) is 5.69 Å². The Morgan fingerprint density at radius 1 is 0.931 bits per heavy atom. The molecule has 0 bridgehead atoms. The van der Waals surface area contributed by atoms with Crippen LogP contribution in [0.25, 0.3) is 0 Å². The third-order valence-corrected chi connectivity index (χ3v) is 4.15. The molecule has 0 aliphatic heterocycles. The van der Waals surface area contributed by atoms with Gasteiger partial charge in [-0.1, -0.05) is 41.9 Å². The average Bonchev–Trinajstić information content (AvgIpc) is 2.74. The van der Waals surface area contributed by atoms with E-state index in [1.54, 1.807) is 48.5 Å². The predicted molar refractivity (Wildman–Crippen MR) is 106 cm³/mol. The number of benzene rings is 3. The van der Waals surface area contributed by atoms with Gasteiger partial charge >= 0.3 is 5.97 Å². The van der Waals surface area contributed by atoms with E-state index in [0.717, 1.165) is 6.07 Å². The van der Waals surface area contributed by atoms with Crippen molar-refractivity contribution in [2.24, 2.45) is 0 Å². The van der Waals surface area contributed by atoms with Gasteiger partial charge in [-0.05, 0) is 30.3 Å². The highest BCUT2D eigenvalue weighted by molar-refractivity contribution is 6.32. The first-order chi connectivity index (χ1) is 13.9. The summed E-state index contributed by atoms with van der Waals surface area (Å²) < 4.78 is 10.4. The van der Waals surface area contributed by atoms with Crippen LogP contribution in [0.5, 0.6) is 11.5 Å². The predicted octanol–water partition coefficient (Wildman–Crippen LogP) is 4.46. The van der Waals surface area contributed by atoms with Gasteiger partial charge in [-0.3, -0.25) is 14.9 Å². The maximum Gasteiger partial charge on any atom is 0.349 e. The molecule has 0 amide bonds. The number of ether oxygens (including phenoxy) is 2. The summed E-state index contributed by atoms with van der Waals surface area (Å²) in [4.78, 5) is 34.4. The van der Waals surface area contributed by atoms with Crippen molar-refractivity contribution in [3.63, 3.8) is 0 Å². The zero-order valence-electron chi connectivity index (χ0n) is 14.9. The van der Waals surface area contributed by atoms with Crippen LogP contribution in [0.3, 0.4) is 0 Å². The minimum atomic E-state index is -0.731. The molecule has 3 rings (SSSR count). The molecule has 3 aromatic rings. The normalized spacial score (nSPS) is 10.2. The van der Waals surface area contributed by atoms with Crippen LogP contribution in [0, 0.1) is 10.1 Å². The molecule has 146 valence electrons. The largest absolute Gasteiger partial charge is 0.482 e. The molecule has 0 atom stereocenters. The number of hydrogen-bond donors (Lipinski definition) is 0. The Hall–Kier alpha value is -3.71. The number of ketones is 1. The summed E-state index contributed by atoms with van der Waals surface area (Å²) >= 11 is 5.88. The van der Waals surface area contributed by atoms with Crippen molar-refractivity contribution in [2.75, 3.05) is 6.61 Å². The Bertz CT molecular complexity index is 1050. The Morgan fingerprint density at radius 3 is 2.21 bits per heavy atom. The lowest BCUT2D eigenvalue weighted by Crippen LogP contribution is -2.18. The van der Waals surface area contributed by atoms with Crippen LogP contribution in [-0.2, 0) is 4.79 Å². The van der Waals surface area contributed by atoms with Gasteiger partial charge in [-0.2, -0.15) is 0 Å². The van der Waals surface area contributed by atoms with Crippen molar-refractivity contribution >= 4 is 29.0 Å². The number of carbonyl (C=O) groups excluding carboxylic acids is 2. The molecule has 0 aliphatic carbocycles. The maximum atomic E-state index is 12.4. The fourth-order valence-corrected chi connectivity index (χ4v) is 2.65. The second kappa shape index (κ2) is 8.99. The number of nitrogens with zero attached hydrogens (tertiary/aromatic N) is 1. The molecule has 0 aliphatic rings. The highest BCUT2D eigenvalue weighted by atomic mass is 35.5. The van der Waals surface area contributed by atoms with Crippen molar-refractivity contribution in [3.05, 3.63) is 99.1 Å². The molecule has 0 saturated carbocycles. The summed E-state index contributed by atoms with van der Waals surface area (Å²) in [5.74, 6) is -0.481. The smallest absolute Gasteiger partial charge is 0.349 e. The lowest BCUT2D eigenvalue weighted by atomic mass is 10.0. The molecular weight excluding hydrogens is 398 g/mol. The SMILES string of the molecule is O=C(COc1ccc(C(=O)c2ccccc2)cc1)Oc1ccc([N+](=O)[O-])cc1Cl. The van der Waals surface area contributed by atoms with Crippen LogP contribution in [0.15, 0.2) is 72.8 Å². The van der Waals surface area contributed by atoms with Gasteiger partial charge in [0.15, 0.2) is 12.4 Å². The quantitative estimate of drug-likeness (QED) is 0.187. The molecular formula is C21H14ClNO6. The summed E-state index contributed by atoms with van der Waals surface area (Å²) in [6, 6.07) is 18.7. The highest BCUT2D eigenvalue weighted by Gasteiger charge is 2.14. The second-order valence-electron chi connectivity index (χ2n) is 5.85. The van der Waals surface area contributed by atoms with Gasteiger partial charge in [0.2, 0.25) is 0 Å². The molecule has 0 saturated heterocycles. The summed E-state index contributed by atoms with van der Waals surface area (Å²) in [6.45, 7) is -0.403. The fraction of sp³-hybridized carbons (Fsp3) is 0.0476. The molecule has 0 N–H and O–H groups in total. The van der Waals surface area contributed by atoms with Crippen LogP contribution < -0.4 is 9.47 Å². The Kier molecular flexibility index (Phi) is 6.21. The highest BCUT2D eigenvalue weighted by Crippen LogP contribution is 2.28. The third kappa shape index (κ3) is 5.18. The van der Waals surface area contributed by atoms with Crippen LogP contribution in [0.2, 0.25) is 5.02 Å². The van der Waals surface area contributed by atoms with Gasteiger partial charge < -0.3 is 9.47 Å². The molecule has 29 heavy (non-hydrogen) atoms. The summed E-state index contributed by atoms with van der Waals surface area (Å²) in [7, 11) is 0. The third-order valence-electron chi connectivity index (χ3n) is 3.86. The number of nitro groups is 1. The minimum Gasteiger partial charge on any atom is -0.482 e. The van der Waals surface area contributed by atoms with E-state index >= 15 is 0 Å². The zero-order valence-corrected chi connectivity index (χ0v) is 15.7. The topological polar surface area (TPSA) is 95.7 Å². The number of non-ortho nitro benzene ring substituents is 1. The Balaban J connectivity index is 1.57. The standard InChI is InChI=1S/C21H14ClNO6/c22-18-12-16(23(26)27)8-11-19(18)29-20(24)13-28-17-9-6-15(7-10-17)21(25)14-4-2-1-3-5-14/h1-12H,13H2. The molecule has 0 spiro atoms. The molecule has 8 heteroatoms. The van der Waals surface area contributed by atoms with Crippen molar-refractivity contribution < 1.29 is 24.0 Å². The number of rotatable bonds is 7. The van der Waals surface area contributed by atoms with E-state index in [1.807, 2.05) is 6.07 Å². The molecule has 0 aromatic heterocycles. The lowest BCUT2D eigenvalue weighted by molar-refractivity contribution is -0.384. The number of carbonyl (C=O) groups is 2. The van der Waals surface area contributed by atoms with Crippen molar-refractivity contribution in [1.82, 2.24) is 0 Å². The number of esters is 1. The van der Waals surface area contributed by atoms with Gasteiger partial charge in [-0.15, -0.1) is 0 Å². The van der Waals surface area contributed by atoms with Crippen LogP contribution in [-0.4, -0.2) is 23.3 Å². The van der Waals surface area contributed by atoms with Gasteiger partial charge in [0.05, 0.1) is 9.95 Å². The summed E-state index contributed by atoms with van der Waals surface area (Å²) in [6.07, 6.45) is 0. The number of halogens is 1. The monoisotopic (exact) mass is 411 g/mol. The van der Waals surface area contributed by atoms with E-state index in [-0.39, 0.29) is 22.2 Å². The fourth-order valence-electron chi connectivity index (χ4n) is 2.44. The Morgan fingerprint density at radius 2 is 1.59 bits per heavy atom. The van der Waals surface area contributed by atoms with Gasteiger partial charge in [0, 0.05) is 23.3 Å². The minimum absolute atomic E-state index is 0.00493. The zero-order chi connectivity index (χ0) is 20.8. The Labute approximate surface area is 170 Å². The van der Waals surface area contributed by atoms with Crippen LogP contribution >= 0.6 is 11.6 Å². The molecule has 0 fully saturated rings. The first-order valence-corrected chi connectivity index (χ1v) is 8.79. The van der Waals surface area contributed by atoms with E-state index in [9.17, 15) is 19.7 Å². The molecule has 0 unspecified atom stereocenters. The lowest BCUT2D eigenvalue weighted by Gasteiger charge is -2.08. The van der Waals surface area contributed by atoms with Gasteiger partial charge in [-0.25, -0.2) is 4.79 Å². The van der Waals surface area contributed by atoms with Crippen LogP contribution in [0.1, 0.15) is 15.9 Å². The summed E-state index contributed by atoms with van der Waals surface area (Å²) in [5, 5.41) is 10.6. The molecule has 7 nitrogen and oxygen atoms in total. The van der Waals surface area contributed by atoms with Crippen molar-refractivity contribution in [3.8, 4) is 11.5 Å². The van der Waals surface area contributed by atoms with E-state index in [1.165, 1.54) is 12.1 Å². The van der Waals surface area contributed by atoms with Gasteiger partial charge in [0.25, 0.3) is 5.69 Å². The average molecular weight is 412 g/mol. The number of hydrogen-bond acceptors (Lipinski definition) is 6. The van der Waals surface area contributed by atoms with E-state index < -0.39 is 17.5 Å². The molecule has 0 radical (unpaired) electrons. The first kappa shape index (κ1) is 20.0. The number of nitro benzene ring substituents is 1.